The molecule has 0 aliphatic heterocycles. The molecule has 1 rings (SSSR count). The van der Waals surface area contributed by atoms with E-state index in [1.54, 1.807) is 13.2 Å². The summed E-state index contributed by atoms with van der Waals surface area (Å²) in [5.74, 6) is 0.212. The second kappa shape index (κ2) is 5.82. The molecule has 1 unspecified atom stereocenters. The Morgan fingerprint density at radius 1 is 1.38 bits per heavy atom. The van der Waals surface area contributed by atoms with Crippen LogP contribution in [-0.4, -0.2) is 20.8 Å². The molecule has 2 N–H and O–H groups in total. The quantitative estimate of drug-likeness (QED) is 0.837. The minimum Gasteiger partial charge on any atom is -0.496 e. The minimum atomic E-state index is -0.283. The molecule has 0 saturated heterocycles. The maximum atomic E-state index is 13.7. The van der Waals surface area contributed by atoms with Gasteiger partial charge >= 0.3 is 0 Å². The van der Waals surface area contributed by atoms with Gasteiger partial charge < -0.3 is 15.2 Å². The van der Waals surface area contributed by atoms with Crippen LogP contribution in [-0.2, 0) is 11.3 Å². The van der Waals surface area contributed by atoms with Crippen LogP contribution >= 0.6 is 0 Å². The fourth-order valence-electron chi connectivity index (χ4n) is 1.58. The molecule has 3 nitrogen and oxygen atoms in total. The number of halogens is 1. The smallest absolute Gasteiger partial charge is 0.130 e. The third kappa shape index (κ3) is 2.71. The minimum absolute atomic E-state index is 0.0125. The van der Waals surface area contributed by atoms with Gasteiger partial charge in [0.15, 0.2) is 0 Å². The molecule has 16 heavy (non-hydrogen) atoms. The van der Waals surface area contributed by atoms with Crippen molar-refractivity contribution in [3.63, 3.8) is 0 Å². The molecule has 1 atom stereocenters. The highest BCUT2D eigenvalue weighted by molar-refractivity contribution is 5.39. The van der Waals surface area contributed by atoms with Crippen molar-refractivity contribution in [2.45, 2.75) is 19.4 Å². The molecule has 0 fully saturated rings. The Labute approximate surface area is 95.4 Å². The van der Waals surface area contributed by atoms with E-state index in [2.05, 4.69) is 0 Å². The van der Waals surface area contributed by atoms with Gasteiger partial charge in [-0.1, -0.05) is 6.92 Å². The molecule has 0 bridgehead atoms. The van der Waals surface area contributed by atoms with E-state index in [9.17, 15) is 4.39 Å². The first kappa shape index (κ1) is 12.9. The second-order valence-electron chi connectivity index (χ2n) is 3.76. The average molecular weight is 227 g/mol. The summed E-state index contributed by atoms with van der Waals surface area (Å²) in [5.41, 5.74) is 6.98. The number of nitrogens with two attached hydrogens (primary N) is 1. The summed E-state index contributed by atoms with van der Waals surface area (Å²) in [7, 11) is 3.11. The van der Waals surface area contributed by atoms with E-state index in [1.807, 2.05) is 6.92 Å². The molecule has 0 radical (unpaired) electrons. The van der Waals surface area contributed by atoms with Crippen LogP contribution in [0.5, 0.6) is 5.75 Å². The van der Waals surface area contributed by atoms with Crippen molar-refractivity contribution in [3.05, 3.63) is 29.1 Å². The van der Waals surface area contributed by atoms with E-state index >= 15 is 0 Å². The van der Waals surface area contributed by atoms with Crippen LogP contribution in [0.4, 0.5) is 4.39 Å². The number of ether oxygens (including phenoxy) is 2. The van der Waals surface area contributed by atoms with Gasteiger partial charge in [0.05, 0.1) is 13.7 Å². The van der Waals surface area contributed by atoms with Crippen molar-refractivity contribution in [1.29, 1.82) is 0 Å². The molecular formula is C12H18FNO2. The number of rotatable bonds is 5. The van der Waals surface area contributed by atoms with Gasteiger partial charge in [-0.15, -0.1) is 0 Å². The predicted octanol–water partition coefficient (Wildman–Crippen LogP) is 2.04. The molecule has 1 aromatic carbocycles. The van der Waals surface area contributed by atoms with Crippen LogP contribution in [0.25, 0.3) is 0 Å². The maximum absolute atomic E-state index is 13.7. The van der Waals surface area contributed by atoms with E-state index < -0.39 is 0 Å². The van der Waals surface area contributed by atoms with Gasteiger partial charge in [-0.05, 0) is 24.1 Å². The number of methoxy groups -OCH3 is 2. The lowest BCUT2D eigenvalue weighted by Crippen LogP contribution is -2.11. The van der Waals surface area contributed by atoms with Crippen molar-refractivity contribution in [2.75, 3.05) is 20.8 Å². The van der Waals surface area contributed by atoms with E-state index in [0.29, 0.717) is 24.5 Å². The molecule has 0 amide bonds. The lowest BCUT2D eigenvalue weighted by atomic mass is 9.98. The normalized spacial score (nSPS) is 12.6. The Hall–Kier alpha value is -1.13. The Kier molecular flexibility index (Phi) is 4.71. The summed E-state index contributed by atoms with van der Waals surface area (Å²) in [6.07, 6.45) is 0. The molecule has 0 heterocycles. The molecule has 0 aliphatic rings. The Bertz CT molecular complexity index is 355. The van der Waals surface area contributed by atoms with Gasteiger partial charge in [-0.25, -0.2) is 4.39 Å². The zero-order chi connectivity index (χ0) is 12.1. The van der Waals surface area contributed by atoms with Crippen molar-refractivity contribution in [3.8, 4) is 5.75 Å². The fraction of sp³-hybridized carbons (Fsp3) is 0.500. The molecular weight excluding hydrogens is 209 g/mol. The topological polar surface area (TPSA) is 44.5 Å². The van der Waals surface area contributed by atoms with Crippen molar-refractivity contribution < 1.29 is 13.9 Å². The van der Waals surface area contributed by atoms with E-state index in [4.69, 9.17) is 15.2 Å². The van der Waals surface area contributed by atoms with Crippen LogP contribution in [0.2, 0.25) is 0 Å². The van der Waals surface area contributed by atoms with Gasteiger partial charge in [-0.3, -0.25) is 0 Å². The van der Waals surface area contributed by atoms with Crippen molar-refractivity contribution in [2.24, 2.45) is 5.73 Å². The first-order chi connectivity index (χ1) is 7.63. The van der Waals surface area contributed by atoms with Gasteiger partial charge in [0.25, 0.3) is 0 Å². The summed E-state index contributed by atoms with van der Waals surface area (Å²) in [6.45, 7) is 2.70. The first-order valence-electron chi connectivity index (χ1n) is 5.19. The average Bonchev–Trinajstić information content (AvgIpc) is 2.30. The molecule has 90 valence electrons. The summed E-state index contributed by atoms with van der Waals surface area (Å²) in [6, 6.07) is 3.14. The Balaban J connectivity index is 3.16. The number of hydrogen-bond donors (Lipinski definition) is 1. The molecule has 1 aromatic rings. The van der Waals surface area contributed by atoms with Crippen LogP contribution in [0, 0.1) is 5.82 Å². The SMILES string of the molecule is COCc1cc(C(C)CN)c(F)cc1OC. The summed E-state index contributed by atoms with van der Waals surface area (Å²) >= 11 is 0. The van der Waals surface area contributed by atoms with Crippen LogP contribution in [0.3, 0.4) is 0 Å². The maximum Gasteiger partial charge on any atom is 0.130 e. The van der Waals surface area contributed by atoms with E-state index in [0.717, 1.165) is 5.56 Å². The molecule has 0 aromatic heterocycles. The van der Waals surface area contributed by atoms with Crippen molar-refractivity contribution in [1.82, 2.24) is 0 Å². The first-order valence-corrected chi connectivity index (χ1v) is 5.19. The summed E-state index contributed by atoms with van der Waals surface area (Å²) in [5, 5.41) is 0. The lowest BCUT2D eigenvalue weighted by molar-refractivity contribution is 0.181. The highest BCUT2D eigenvalue weighted by Gasteiger charge is 2.14. The molecule has 4 heteroatoms. The Morgan fingerprint density at radius 3 is 2.56 bits per heavy atom. The fourth-order valence-corrected chi connectivity index (χ4v) is 1.58. The number of benzene rings is 1. The third-order valence-electron chi connectivity index (χ3n) is 2.58. The standard InChI is InChI=1S/C12H18FNO2/c1-8(6-14)10-4-9(7-15-2)12(16-3)5-11(10)13/h4-5,8H,6-7,14H2,1-3H3. The zero-order valence-corrected chi connectivity index (χ0v) is 9.92. The monoisotopic (exact) mass is 227 g/mol. The van der Waals surface area contributed by atoms with E-state index in [-0.39, 0.29) is 11.7 Å². The van der Waals surface area contributed by atoms with E-state index in [1.165, 1.54) is 13.2 Å². The van der Waals surface area contributed by atoms with Gasteiger partial charge in [0.2, 0.25) is 0 Å². The number of hydrogen-bond acceptors (Lipinski definition) is 3. The largest absolute Gasteiger partial charge is 0.496 e. The molecule has 0 saturated carbocycles. The lowest BCUT2D eigenvalue weighted by Gasteiger charge is -2.15. The molecule has 0 spiro atoms. The summed E-state index contributed by atoms with van der Waals surface area (Å²) in [4.78, 5) is 0. The highest BCUT2D eigenvalue weighted by atomic mass is 19.1. The van der Waals surface area contributed by atoms with Crippen LogP contribution < -0.4 is 10.5 Å². The Morgan fingerprint density at radius 2 is 2.06 bits per heavy atom. The van der Waals surface area contributed by atoms with Crippen molar-refractivity contribution >= 4 is 0 Å². The molecule has 0 aliphatic carbocycles. The van der Waals surface area contributed by atoms with Gasteiger partial charge in [-0.2, -0.15) is 0 Å². The van der Waals surface area contributed by atoms with Gasteiger partial charge in [0, 0.05) is 18.7 Å². The highest BCUT2D eigenvalue weighted by Crippen LogP contribution is 2.27. The zero-order valence-electron chi connectivity index (χ0n) is 9.92. The van der Waals surface area contributed by atoms with Crippen LogP contribution in [0.15, 0.2) is 12.1 Å². The van der Waals surface area contributed by atoms with Gasteiger partial charge in [0.1, 0.15) is 11.6 Å². The third-order valence-corrected chi connectivity index (χ3v) is 2.58. The summed E-state index contributed by atoms with van der Waals surface area (Å²) < 4.78 is 23.9. The second-order valence-corrected chi connectivity index (χ2v) is 3.76. The van der Waals surface area contributed by atoms with Crippen LogP contribution in [0.1, 0.15) is 24.0 Å². The predicted molar refractivity (Wildman–Crippen MR) is 61.1 cm³/mol.